The number of alkyl halides is 1. The third kappa shape index (κ3) is 6.09. The lowest BCUT2D eigenvalue weighted by Crippen LogP contribution is -2.68. The van der Waals surface area contributed by atoms with Crippen LogP contribution in [0.3, 0.4) is 0 Å². The number of hydrogen-bond acceptors (Lipinski definition) is 5. The molecule has 0 amide bonds. The number of nitrogens with zero attached hydrogens (tertiary/aromatic N) is 2. The molecule has 0 aromatic heterocycles. The molecular formula is C44H70FN3O4S. The molecule has 1 saturated heterocycles. The molecule has 4 saturated carbocycles. The van der Waals surface area contributed by atoms with E-state index in [2.05, 4.69) is 70.5 Å². The summed E-state index contributed by atoms with van der Waals surface area (Å²) in [7, 11) is -3.12. The van der Waals surface area contributed by atoms with E-state index in [4.69, 9.17) is 0 Å². The van der Waals surface area contributed by atoms with Crippen LogP contribution in [0, 0.1) is 56.7 Å². The number of hydrogen-bond donors (Lipinski definition) is 2. The highest BCUT2D eigenvalue weighted by molar-refractivity contribution is 7.88. The Bertz CT molecular complexity index is 1650. The van der Waals surface area contributed by atoms with E-state index in [0.717, 1.165) is 32.6 Å². The van der Waals surface area contributed by atoms with E-state index >= 15 is 0 Å². The zero-order valence-corrected chi connectivity index (χ0v) is 34.9. The Hall–Kier alpha value is -1.55. The van der Waals surface area contributed by atoms with Gasteiger partial charge in [-0.1, -0.05) is 58.9 Å². The Morgan fingerprint density at radius 2 is 1.64 bits per heavy atom. The molecule has 10 atom stereocenters. The largest absolute Gasteiger partial charge is 0.481 e. The first-order valence-corrected chi connectivity index (χ1v) is 22.9. The Balaban J connectivity index is 1.11. The Morgan fingerprint density at radius 1 is 0.925 bits per heavy atom. The van der Waals surface area contributed by atoms with Gasteiger partial charge >= 0.3 is 5.97 Å². The SMILES string of the molecule is C=C(C)C1CC[C@]2(NCCN3CCN(S(C)(=O)=O)CC3)CC[C@]3(C)[C@H](CC[C@@H]4[C@@]5(C)CC=C(C6=CC[C@](CF)(C(=O)O)CC6)C(C)(C)[C@@H]5CC[C@]43C)[C@@H]12. The van der Waals surface area contributed by atoms with E-state index in [0.29, 0.717) is 55.5 Å². The van der Waals surface area contributed by atoms with E-state index in [9.17, 15) is 22.7 Å². The molecule has 7 rings (SSSR count). The first-order valence-electron chi connectivity index (χ1n) is 21.1. The molecular weight excluding hydrogens is 686 g/mol. The van der Waals surface area contributed by atoms with E-state index in [1.807, 2.05) is 0 Å². The Labute approximate surface area is 320 Å². The second-order valence-electron chi connectivity index (χ2n) is 20.5. The summed E-state index contributed by atoms with van der Waals surface area (Å²) in [6.45, 7) is 23.7. The summed E-state index contributed by atoms with van der Waals surface area (Å²) in [6.07, 6.45) is 18.3. The molecule has 0 aromatic carbocycles. The fourth-order valence-corrected chi connectivity index (χ4v) is 15.7. The zero-order valence-electron chi connectivity index (χ0n) is 34.0. The van der Waals surface area contributed by atoms with Crippen LogP contribution in [0.5, 0.6) is 0 Å². The van der Waals surface area contributed by atoms with Crippen LogP contribution in [0.4, 0.5) is 4.39 Å². The van der Waals surface area contributed by atoms with Gasteiger partial charge in [0.15, 0.2) is 0 Å². The number of fused-ring (bicyclic) bond motifs is 7. The third-order valence-corrected chi connectivity index (χ3v) is 19.3. The highest BCUT2D eigenvalue weighted by Gasteiger charge is 2.70. The van der Waals surface area contributed by atoms with Crippen LogP contribution in [0.25, 0.3) is 0 Å². The van der Waals surface area contributed by atoms with Gasteiger partial charge in [-0.15, -0.1) is 0 Å². The van der Waals surface area contributed by atoms with Gasteiger partial charge in [0.2, 0.25) is 10.0 Å². The number of carboxylic acid groups (broad SMARTS) is 1. The van der Waals surface area contributed by atoms with Crippen molar-refractivity contribution < 1.29 is 22.7 Å². The van der Waals surface area contributed by atoms with Crippen LogP contribution in [-0.4, -0.2) is 86.4 Å². The summed E-state index contributed by atoms with van der Waals surface area (Å²) in [5.74, 6) is 2.01. The average Bonchev–Trinajstić information content (AvgIpc) is 3.48. The molecule has 6 aliphatic carbocycles. The van der Waals surface area contributed by atoms with Crippen LogP contribution in [0.15, 0.2) is 35.5 Å². The summed E-state index contributed by atoms with van der Waals surface area (Å²) >= 11 is 0. The maximum Gasteiger partial charge on any atom is 0.312 e. The van der Waals surface area contributed by atoms with E-state index < -0.39 is 28.1 Å². The van der Waals surface area contributed by atoms with E-state index in [1.54, 1.807) is 4.31 Å². The highest BCUT2D eigenvalue weighted by atomic mass is 32.2. The predicted octanol–water partition coefficient (Wildman–Crippen LogP) is 8.25. The predicted molar refractivity (Wildman–Crippen MR) is 212 cm³/mol. The van der Waals surface area contributed by atoms with Gasteiger partial charge in [-0.05, 0) is 146 Å². The molecule has 9 heteroatoms. The van der Waals surface area contributed by atoms with Crippen molar-refractivity contribution in [1.82, 2.24) is 14.5 Å². The van der Waals surface area contributed by atoms with Crippen molar-refractivity contribution in [2.24, 2.45) is 56.7 Å². The first-order chi connectivity index (χ1) is 24.8. The molecule has 53 heavy (non-hydrogen) atoms. The highest BCUT2D eigenvalue weighted by Crippen LogP contribution is 2.76. The number of aliphatic carboxylic acids is 1. The molecule has 1 heterocycles. The number of nitrogens with one attached hydrogen (secondary N) is 1. The Morgan fingerprint density at radius 3 is 2.25 bits per heavy atom. The quantitative estimate of drug-likeness (QED) is 0.231. The van der Waals surface area contributed by atoms with Gasteiger partial charge in [0.1, 0.15) is 6.67 Å². The number of carbonyl (C=O) groups is 1. The number of allylic oxidation sites excluding steroid dienone is 5. The third-order valence-electron chi connectivity index (χ3n) is 18.0. The van der Waals surface area contributed by atoms with Gasteiger partial charge < -0.3 is 10.4 Å². The summed E-state index contributed by atoms with van der Waals surface area (Å²) in [5.41, 5.74) is 3.61. The summed E-state index contributed by atoms with van der Waals surface area (Å²) in [5, 5.41) is 14.1. The lowest BCUT2D eigenvalue weighted by Gasteiger charge is -2.72. The molecule has 0 aromatic rings. The lowest BCUT2D eigenvalue weighted by atomic mass is 9.33. The normalized spacial score (nSPS) is 44.5. The molecule has 7 aliphatic rings. The van der Waals surface area contributed by atoms with E-state index in [-0.39, 0.29) is 33.6 Å². The number of carboxylic acids is 1. The van der Waals surface area contributed by atoms with Gasteiger partial charge in [-0.25, -0.2) is 12.8 Å². The average molecular weight is 756 g/mol. The number of sulfonamides is 1. The van der Waals surface area contributed by atoms with Crippen LogP contribution < -0.4 is 5.32 Å². The summed E-state index contributed by atoms with van der Waals surface area (Å²) in [6, 6.07) is 0. The first kappa shape index (κ1) is 39.7. The molecule has 1 aliphatic heterocycles. The van der Waals surface area contributed by atoms with Gasteiger partial charge in [-0.3, -0.25) is 9.69 Å². The molecule has 2 N–H and O–H groups in total. The van der Waals surface area contributed by atoms with Crippen LogP contribution in [0.2, 0.25) is 0 Å². The van der Waals surface area contributed by atoms with Crippen LogP contribution in [-0.2, 0) is 14.8 Å². The number of halogens is 1. The monoisotopic (exact) mass is 756 g/mol. The maximum atomic E-state index is 14.0. The molecule has 298 valence electrons. The number of piperazine rings is 1. The van der Waals surface area contributed by atoms with Crippen molar-refractivity contribution >= 4 is 16.0 Å². The molecule has 1 unspecified atom stereocenters. The van der Waals surface area contributed by atoms with E-state index in [1.165, 1.54) is 74.3 Å². The maximum absolute atomic E-state index is 14.0. The van der Waals surface area contributed by atoms with Gasteiger partial charge in [0.25, 0.3) is 0 Å². The zero-order chi connectivity index (χ0) is 38.4. The van der Waals surface area contributed by atoms with Crippen molar-refractivity contribution in [3.05, 3.63) is 35.5 Å². The van der Waals surface area contributed by atoms with Crippen molar-refractivity contribution in [3.63, 3.8) is 0 Å². The molecule has 0 spiro atoms. The van der Waals surface area contributed by atoms with Crippen molar-refractivity contribution in [2.75, 3.05) is 52.2 Å². The van der Waals surface area contributed by atoms with Crippen LogP contribution >= 0.6 is 0 Å². The molecule has 0 radical (unpaired) electrons. The molecule has 5 fully saturated rings. The second kappa shape index (κ2) is 13.5. The summed E-state index contributed by atoms with van der Waals surface area (Å²) in [4.78, 5) is 14.4. The minimum absolute atomic E-state index is 0.0174. The fourth-order valence-electron chi connectivity index (χ4n) is 14.9. The van der Waals surface area contributed by atoms with Crippen molar-refractivity contribution in [2.45, 2.75) is 124 Å². The lowest BCUT2D eigenvalue weighted by molar-refractivity contribution is -0.221. The van der Waals surface area contributed by atoms with Crippen molar-refractivity contribution in [3.8, 4) is 0 Å². The minimum Gasteiger partial charge on any atom is -0.481 e. The number of rotatable bonds is 9. The molecule has 0 bridgehead atoms. The topological polar surface area (TPSA) is 90.0 Å². The fraction of sp³-hybridized carbons (Fsp3) is 0.841. The summed E-state index contributed by atoms with van der Waals surface area (Å²) < 4.78 is 39.7. The smallest absolute Gasteiger partial charge is 0.312 e. The Kier molecular flexibility index (Phi) is 10.1. The van der Waals surface area contributed by atoms with Gasteiger partial charge in [0.05, 0.1) is 11.7 Å². The van der Waals surface area contributed by atoms with Gasteiger partial charge in [-0.2, -0.15) is 4.31 Å². The van der Waals surface area contributed by atoms with Gasteiger partial charge in [0, 0.05) is 44.8 Å². The standard InChI is InChI=1S/C44H70FN3O4S/c1-30(2)32-13-20-44(46-23-24-47-25-27-48(28-26-47)53(8,51)52)22-21-41(6)34(37(32)44)9-10-36-40(5)16-14-33(39(3,4)35(40)15-17-42(36,41)7)31-11-18-43(29-45,19-12-31)38(49)50/h11,14,32,34-37,46H,1,9-10,12-13,15-29H2,2-8H3,(H,49,50)/t32?,34-,35+,36-,37-,40+,41-,42-,43+,44+/m1/s1. The van der Waals surface area contributed by atoms with Crippen molar-refractivity contribution in [1.29, 1.82) is 0 Å². The molecule has 7 nitrogen and oxygen atoms in total. The second-order valence-corrected chi connectivity index (χ2v) is 22.5. The minimum atomic E-state index is -3.12. The van der Waals surface area contributed by atoms with Crippen LogP contribution in [0.1, 0.15) is 119 Å².